The highest BCUT2D eigenvalue weighted by Crippen LogP contribution is 2.22. The van der Waals surface area contributed by atoms with Gasteiger partial charge in [0.1, 0.15) is 5.75 Å². The topological polar surface area (TPSA) is 85.3 Å². The Morgan fingerprint density at radius 2 is 1.83 bits per heavy atom. The number of benzene rings is 2. The zero-order chi connectivity index (χ0) is 21.0. The van der Waals surface area contributed by atoms with Crippen molar-refractivity contribution >= 4 is 23.4 Å². The van der Waals surface area contributed by atoms with E-state index in [9.17, 15) is 9.59 Å². The molecule has 0 aliphatic rings. The Hall–Kier alpha value is -3.32. The van der Waals surface area contributed by atoms with E-state index in [4.69, 9.17) is 16.3 Å². The van der Waals surface area contributed by atoms with Gasteiger partial charge in [-0.25, -0.2) is 0 Å². The number of methoxy groups -OCH3 is 1. The van der Waals surface area contributed by atoms with Gasteiger partial charge in [-0.05, 0) is 55.8 Å². The summed E-state index contributed by atoms with van der Waals surface area (Å²) < 4.78 is 7.03. The van der Waals surface area contributed by atoms with Crippen molar-refractivity contribution in [2.24, 2.45) is 0 Å². The highest BCUT2D eigenvalue weighted by Gasteiger charge is 2.14. The van der Waals surface area contributed by atoms with Gasteiger partial charge in [0.2, 0.25) is 0 Å². The van der Waals surface area contributed by atoms with E-state index in [1.807, 2.05) is 30.7 Å². The minimum absolute atomic E-state index is 0.260. The Bertz CT molecular complexity index is 1060. The molecule has 2 aromatic carbocycles. The highest BCUT2D eigenvalue weighted by molar-refractivity contribution is 6.30. The average Bonchev–Trinajstić information content (AvgIpc) is 3.02. The molecule has 2 N–H and O–H groups in total. The van der Waals surface area contributed by atoms with Crippen LogP contribution < -0.4 is 15.6 Å². The summed E-state index contributed by atoms with van der Waals surface area (Å²) in [6.07, 6.45) is 0. The van der Waals surface area contributed by atoms with E-state index in [1.54, 1.807) is 24.3 Å². The standard InChI is InChI=1S/C21H21ClN4O3/c1-13-9-14(2)26(25-13)12-15-5-4-6-16(10-15)20(27)23-24-21(28)18-8-7-17(22)11-19(18)29-3/h4-11H,12H2,1-3H3,(H,23,27)(H,24,28). The van der Waals surface area contributed by atoms with E-state index < -0.39 is 11.8 Å². The second-order valence-electron chi connectivity index (χ2n) is 6.54. The van der Waals surface area contributed by atoms with Crippen LogP contribution in [0.5, 0.6) is 5.75 Å². The van der Waals surface area contributed by atoms with Gasteiger partial charge in [0.15, 0.2) is 0 Å². The third-order valence-corrected chi connectivity index (χ3v) is 4.56. The minimum Gasteiger partial charge on any atom is -0.496 e. The molecule has 8 heteroatoms. The van der Waals surface area contributed by atoms with Crippen LogP contribution in [0.1, 0.15) is 37.7 Å². The van der Waals surface area contributed by atoms with Crippen molar-refractivity contribution < 1.29 is 14.3 Å². The summed E-state index contributed by atoms with van der Waals surface area (Å²) in [7, 11) is 1.44. The quantitative estimate of drug-likeness (QED) is 0.630. The Balaban J connectivity index is 1.67. The number of hydrazine groups is 1. The lowest BCUT2D eigenvalue weighted by molar-refractivity contribution is 0.0845. The predicted molar refractivity (Wildman–Crippen MR) is 110 cm³/mol. The molecule has 0 aliphatic heterocycles. The number of aromatic nitrogens is 2. The van der Waals surface area contributed by atoms with Crippen LogP contribution in [0.25, 0.3) is 0 Å². The van der Waals surface area contributed by atoms with Crippen LogP contribution in [0.15, 0.2) is 48.5 Å². The van der Waals surface area contributed by atoms with Gasteiger partial charge in [-0.3, -0.25) is 25.1 Å². The number of amides is 2. The van der Waals surface area contributed by atoms with E-state index in [0.717, 1.165) is 17.0 Å². The van der Waals surface area contributed by atoms with Crippen molar-refractivity contribution in [2.45, 2.75) is 20.4 Å². The summed E-state index contributed by atoms with van der Waals surface area (Å²) in [5, 5.41) is 4.88. The largest absolute Gasteiger partial charge is 0.496 e. The maximum Gasteiger partial charge on any atom is 0.273 e. The van der Waals surface area contributed by atoms with Crippen molar-refractivity contribution in [3.63, 3.8) is 0 Å². The van der Waals surface area contributed by atoms with Crippen LogP contribution in [0.3, 0.4) is 0 Å². The number of halogens is 1. The second kappa shape index (κ2) is 8.79. The molecule has 0 atom stereocenters. The molecule has 0 spiro atoms. The van der Waals surface area contributed by atoms with E-state index in [-0.39, 0.29) is 5.56 Å². The maximum atomic E-state index is 12.5. The first-order valence-electron chi connectivity index (χ1n) is 8.91. The molecule has 0 saturated heterocycles. The Kier molecular flexibility index (Phi) is 6.19. The van der Waals surface area contributed by atoms with Crippen molar-refractivity contribution in [1.82, 2.24) is 20.6 Å². The molecular formula is C21H21ClN4O3. The van der Waals surface area contributed by atoms with E-state index >= 15 is 0 Å². The van der Waals surface area contributed by atoms with Gasteiger partial charge in [-0.2, -0.15) is 5.10 Å². The molecule has 2 amide bonds. The first-order valence-corrected chi connectivity index (χ1v) is 9.29. The van der Waals surface area contributed by atoms with Gasteiger partial charge in [0, 0.05) is 16.3 Å². The monoisotopic (exact) mass is 412 g/mol. The Morgan fingerprint density at radius 1 is 1.07 bits per heavy atom. The number of hydrogen-bond acceptors (Lipinski definition) is 4. The summed E-state index contributed by atoms with van der Waals surface area (Å²) in [4.78, 5) is 24.8. The van der Waals surface area contributed by atoms with Gasteiger partial charge in [-0.1, -0.05) is 23.7 Å². The minimum atomic E-state index is -0.509. The van der Waals surface area contributed by atoms with Crippen LogP contribution in [0, 0.1) is 13.8 Å². The van der Waals surface area contributed by atoms with Gasteiger partial charge >= 0.3 is 0 Å². The molecule has 3 rings (SSSR count). The molecule has 7 nitrogen and oxygen atoms in total. The number of nitrogens with zero attached hydrogens (tertiary/aromatic N) is 2. The molecule has 3 aromatic rings. The molecule has 150 valence electrons. The lowest BCUT2D eigenvalue weighted by Gasteiger charge is -2.11. The zero-order valence-electron chi connectivity index (χ0n) is 16.3. The molecule has 0 fully saturated rings. The summed E-state index contributed by atoms with van der Waals surface area (Å²) in [6.45, 7) is 4.47. The second-order valence-corrected chi connectivity index (χ2v) is 6.97. The molecule has 0 saturated carbocycles. The number of ether oxygens (including phenoxy) is 1. The summed E-state index contributed by atoms with van der Waals surface area (Å²) in [5.74, 6) is -0.622. The lowest BCUT2D eigenvalue weighted by atomic mass is 10.1. The number of hydrogen-bond donors (Lipinski definition) is 2. The van der Waals surface area contributed by atoms with E-state index in [0.29, 0.717) is 22.9 Å². The molecule has 29 heavy (non-hydrogen) atoms. The third-order valence-electron chi connectivity index (χ3n) is 4.32. The summed E-state index contributed by atoms with van der Waals surface area (Å²) >= 11 is 5.90. The molecule has 0 bridgehead atoms. The van der Waals surface area contributed by atoms with Crippen molar-refractivity contribution in [3.05, 3.63) is 81.6 Å². The van der Waals surface area contributed by atoms with Crippen molar-refractivity contribution in [2.75, 3.05) is 7.11 Å². The Labute approximate surface area is 173 Å². The average molecular weight is 413 g/mol. The van der Waals surface area contributed by atoms with Crippen LogP contribution in [0.4, 0.5) is 0 Å². The van der Waals surface area contributed by atoms with E-state index in [1.165, 1.54) is 19.2 Å². The molecule has 1 heterocycles. The number of carbonyl (C=O) groups excluding carboxylic acids is 2. The van der Waals surface area contributed by atoms with Gasteiger partial charge in [0.05, 0.1) is 24.9 Å². The SMILES string of the molecule is COc1cc(Cl)ccc1C(=O)NNC(=O)c1cccc(Cn2nc(C)cc2C)c1. The molecule has 1 aromatic heterocycles. The first kappa shape index (κ1) is 20.4. The van der Waals surface area contributed by atoms with Crippen molar-refractivity contribution in [3.8, 4) is 5.75 Å². The molecule has 0 aliphatic carbocycles. The molecule has 0 unspecified atom stereocenters. The number of nitrogens with one attached hydrogen (secondary N) is 2. The number of carbonyl (C=O) groups is 2. The summed E-state index contributed by atoms with van der Waals surface area (Å²) in [6, 6.07) is 13.8. The van der Waals surface area contributed by atoms with Gasteiger partial charge in [-0.15, -0.1) is 0 Å². The first-order chi connectivity index (χ1) is 13.9. The molecule has 0 radical (unpaired) electrons. The lowest BCUT2D eigenvalue weighted by Crippen LogP contribution is -2.41. The third kappa shape index (κ3) is 4.94. The zero-order valence-corrected chi connectivity index (χ0v) is 17.1. The summed E-state index contributed by atoms with van der Waals surface area (Å²) in [5.41, 5.74) is 8.41. The van der Waals surface area contributed by atoms with Crippen LogP contribution >= 0.6 is 11.6 Å². The Morgan fingerprint density at radius 3 is 2.52 bits per heavy atom. The fourth-order valence-corrected chi connectivity index (χ4v) is 3.09. The highest BCUT2D eigenvalue weighted by atomic mass is 35.5. The van der Waals surface area contributed by atoms with Crippen LogP contribution in [-0.2, 0) is 6.54 Å². The fourth-order valence-electron chi connectivity index (χ4n) is 2.92. The number of aryl methyl sites for hydroxylation is 2. The number of rotatable bonds is 5. The molecular weight excluding hydrogens is 392 g/mol. The fraction of sp³-hybridized carbons (Fsp3) is 0.190. The van der Waals surface area contributed by atoms with Crippen LogP contribution in [-0.4, -0.2) is 28.7 Å². The van der Waals surface area contributed by atoms with Gasteiger partial charge < -0.3 is 4.74 Å². The van der Waals surface area contributed by atoms with Crippen molar-refractivity contribution in [1.29, 1.82) is 0 Å². The van der Waals surface area contributed by atoms with Crippen LogP contribution in [0.2, 0.25) is 5.02 Å². The predicted octanol–water partition coefficient (Wildman–Crippen LogP) is 3.29. The maximum absolute atomic E-state index is 12.5. The normalized spacial score (nSPS) is 10.5. The van der Waals surface area contributed by atoms with E-state index in [2.05, 4.69) is 16.0 Å². The van der Waals surface area contributed by atoms with Gasteiger partial charge in [0.25, 0.3) is 11.8 Å². The smallest absolute Gasteiger partial charge is 0.273 e.